The fraction of sp³-hybridized carbons (Fsp3) is 0.172. The fourth-order valence-electron chi connectivity index (χ4n) is 10.2. The Bertz CT molecular complexity index is 3280. The number of fused-ring (bicyclic) bond motifs is 2. The molecule has 0 bridgehead atoms. The van der Waals surface area contributed by atoms with E-state index in [1.54, 1.807) is 0 Å². The summed E-state index contributed by atoms with van der Waals surface area (Å²) in [5.41, 5.74) is 13.9. The molecule has 2 nitrogen and oxygen atoms in total. The molecule has 0 spiro atoms. The third-order valence-corrected chi connectivity index (χ3v) is 13.5. The van der Waals surface area contributed by atoms with E-state index in [0.717, 1.165) is 18.5 Å². The van der Waals surface area contributed by atoms with E-state index in [0.29, 0.717) is 5.92 Å². The number of hydrogen-bond acceptors (Lipinski definition) is 2. The lowest BCUT2D eigenvalue weighted by atomic mass is 9.70. The van der Waals surface area contributed by atoms with Crippen molar-refractivity contribution in [3.8, 4) is 0 Å². The van der Waals surface area contributed by atoms with Crippen LogP contribution in [0.3, 0.4) is 0 Å². The van der Waals surface area contributed by atoms with E-state index in [1.165, 1.54) is 110 Å². The van der Waals surface area contributed by atoms with Crippen LogP contribution < -0.4 is 9.80 Å². The molecule has 1 aliphatic carbocycles. The molecule has 1 aliphatic rings. The van der Waals surface area contributed by atoms with E-state index in [1.807, 2.05) is 0 Å². The smallest absolute Gasteiger partial charge is 0.0543 e. The van der Waals surface area contributed by atoms with Crippen LogP contribution in [0.4, 0.5) is 34.1 Å². The first-order valence-corrected chi connectivity index (χ1v) is 21.7. The van der Waals surface area contributed by atoms with Gasteiger partial charge in [0, 0.05) is 38.9 Å². The molecule has 60 heavy (non-hydrogen) atoms. The Balaban J connectivity index is 1.28. The monoisotopic (exact) mass is 774 g/mol. The van der Waals surface area contributed by atoms with E-state index in [-0.39, 0.29) is 5.41 Å². The van der Waals surface area contributed by atoms with Gasteiger partial charge >= 0.3 is 0 Å². The summed E-state index contributed by atoms with van der Waals surface area (Å²) in [6.45, 7) is 14.0. The average molecular weight is 775 g/mol. The van der Waals surface area contributed by atoms with Crippen LogP contribution in [-0.4, -0.2) is 0 Å². The number of benzene rings is 10. The second-order valence-corrected chi connectivity index (χ2v) is 18.2. The molecule has 0 heterocycles. The summed E-state index contributed by atoms with van der Waals surface area (Å²) >= 11 is 0. The van der Waals surface area contributed by atoms with Gasteiger partial charge in [0.15, 0.2) is 0 Å². The first kappa shape index (κ1) is 36.4. The van der Waals surface area contributed by atoms with Gasteiger partial charge in [-0.1, -0.05) is 136 Å². The number of anilines is 6. The van der Waals surface area contributed by atoms with Crippen LogP contribution in [0.5, 0.6) is 0 Å². The summed E-state index contributed by atoms with van der Waals surface area (Å²) in [4.78, 5) is 5.05. The zero-order valence-electron chi connectivity index (χ0n) is 35.5. The molecule has 10 aromatic rings. The van der Waals surface area contributed by atoms with Crippen LogP contribution in [0.25, 0.3) is 53.9 Å². The van der Waals surface area contributed by atoms with Crippen molar-refractivity contribution in [3.05, 3.63) is 192 Å². The Morgan fingerprint density at radius 2 is 0.950 bits per heavy atom. The maximum absolute atomic E-state index is 2.59. The van der Waals surface area contributed by atoms with Gasteiger partial charge in [-0.15, -0.1) is 0 Å². The molecular weight excluding hydrogens is 725 g/mol. The fourth-order valence-corrected chi connectivity index (χ4v) is 10.2. The number of rotatable bonds is 7. The minimum Gasteiger partial charge on any atom is -0.310 e. The third-order valence-electron chi connectivity index (χ3n) is 13.5. The minimum atomic E-state index is 0.00190. The van der Waals surface area contributed by atoms with Gasteiger partial charge in [0.05, 0.1) is 11.4 Å². The normalized spacial score (nSPS) is 13.7. The Morgan fingerprint density at radius 1 is 0.450 bits per heavy atom. The van der Waals surface area contributed by atoms with Crippen LogP contribution in [0.15, 0.2) is 164 Å². The van der Waals surface area contributed by atoms with Gasteiger partial charge in [-0.2, -0.15) is 0 Å². The molecule has 2 heteroatoms. The van der Waals surface area contributed by atoms with E-state index >= 15 is 0 Å². The van der Waals surface area contributed by atoms with Gasteiger partial charge in [-0.05, 0) is 159 Å². The lowest BCUT2D eigenvalue weighted by molar-refractivity contribution is 0.475. The topological polar surface area (TPSA) is 6.48 Å². The SMILES string of the molecule is Cc1ccc(N(c2ccc3ccccc3c2)c2cc(C(C)C)c3ccc4c(N(c5ccc(C)cc5)c5ccc6ccccc6c5)cc5c6c(cc2c3c46)C(C)(C)CC5)cc1. The van der Waals surface area contributed by atoms with Crippen LogP contribution in [0, 0.1) is 13.8 Å². The molecule has 292 valence electrons. The molecule has 0 saturated carbocycles. The van der Waals surface area contributed by atoms with Crippen molar-refractivity contribution in [2.45, 2.75) is 65.7 Å². The number of hydrogen-bond donors (Lipinski definition) is 0. The first-order valence-electron chi connectivity index (χ1n) is 21.7. The van der Waals surface area contributed by atoms with Gasteiger partial charge in [0.2, 0.25) is 0 Å². The van der Waals surface area contributed by atoms with Crippen LogP contribution in [0.2, 0.25) is 0 Å². The zero-order chi connectivity index (χ0) is 40.9. The summed E-state index contributed by atoms with van der Waals surface area (Å²) in [6, 6.07) is 62.0. The van der Waals surface area contributed by atoms with Crippen LogP contribution >= 0.6 is 0 Å². The minimum absolute atomic E-state index is 0.00190. The Hall–Kier alpha value is -6.64. The quantitative estimate of drug-likeness (QED) is 0.149. The first-order chi connectivity index (χ1) is 29.1. The molecular formula is C58H50N2. The maximum atomic E-state index is 2.59. The Morgan fingerprint density at radius 3 is 1.50 bits per heavy atom. The third kappa shape index (κ3) is 5.76. The highest BCUT2D eigenvalue weighted by atomic mass is 15.1. The summed E-state index contributed by atoms with van der Waals surface area (Å²) in [5, 5.41) is 13.1. The van der Waals surface area contributed by atoms with Crippen molar-refractivity contribution in [1.29, 1.82) is 0 Å². The molecule has 0 amide bonds. The zero-order valence-corrected chi connectivity index (χ0v) is 35.5. The predicted octanol–water partition coefficient (Wildman–Crippen LogP) is 16.8. The van der Waals surface area contributed by atoms with E-state index < -0.39 is 0 Å². The van der Waals surface area contributed by atoms with E-state index in [2.05, 4.69) is 215 Å². The predicted molar refractivity (Wildman–Crippen MR) is 259 cm³/mol. The second-order valence-electron chi connectivity index (χ2n) is 18.2. The summed E-state index contributed by atoms with van der Waals surface area (Å²) in [5.74, 6) is 0.314. The highest BCUT2D eigenvalue weighted by Crippen LogP contribution is 2.54. The summed E-state index contributed by atoms with van der Waals surface area (Å²) in [6.07, 6.45) is 2.13. The summed E-state index contributed by atoms with van der Waals surface area (Å²) < 4.78 is 0. The Kier molecular flexibility index (Phi) is 8.33. The molecule has 11 rings (SSSR count). The van der Waals surface area contributed by atoms with Gasteiger partial charge in [0.25, 0.3) is 0 Å². The average Bonchev–Trinajstić information content (AvgIpc) is 3.26. The lowest BCUT2D eigenvalue weighted by Crippen LogP contribution is -2.24. The van der Waals surface area contributed by atoms with Crippen molar-refractivity contribution in [3.63, 3.8) is 0 Å². The van der Waals surface area contributed by atoms with E-state index in [4.69, 9.17) is 0 Å². The van der Waals surface area contributed by atoms with Gasteiger partial charge in [-0.25, -0.2) is 0 Å². The van der Waals surface area contributed by atoms with Gasteiger partial charge in [0.1, 0.15) is 0 Å². The van der Waals surface area contributed by atoms with Crippen LogP contribution in [-0.2, 0) is 11.8 Å². The lowest BCUT2D eigenvalue weighted by Gasteiger charge is -2.37. The maximum Gasteiger partial charge on any atom is 0.0543 e. The highest BCUT2D eigenvalue weighted by molar-refractivity contribution is 6.30. The van der Waals surface area contributed by atoms with Crippen molar-refractivity contribution in [1.82, 2.24) is 0 Å². The molecule has 0 aliphatic heterocycles. The second kappa shape index (κ2) is 13.7. The van der Waals surface area contributed by atoms with Crippen LogP contribution in [0.1, 0.15) is 67.9 Å². The molecule has 0 unspecified atom stereocenters. The summed E-state index contributed by atoms with van der Waals surface area (Å²) in [7, 11) is 0. The van der Waals surface area contributed by atoms with Gasteiger partial charge in [-0.3, -0.25) is 0 Å². The standard InChI is InChI=1S/C58H50N2/c1-36(2)50-35-54(60(45-23-17-38(4)18-24-45)47-26-20-40-12-8-10-14-42(40)32-47)51-34-52-55-43(29-30-58(52,5)6)33-53(49-28-27-48(50)56(51)57(49)55)59(44-21-15-37(3)16-22-44)46-25-19-39-11-7-9-13-41(39)31-46/h7-28,31-36H,29-30H2,1-6H3. The molecule has 0 radical (unpaired) electrons. The molecule has 0 saturated heterocycles. The number of nitrogens with zero attached hydrogens (tertiary/aromatic N) is 2. The van der Waals surface area contributed by atoms with E-state index in [9.17, 15) is 0 Å². The van der Waals surface area contributed by atoms with Crippen molar-refractivity contribution < 1.29 is 0 Å². The largest absolute Gasteiger partial charge is 0.310 e. The Labute approximate surface area is 353 Å². The molecule has 0 atom stereocenters. The highest BCUT2D eigenvalue weighted by Gasteiger charge is 2.34. The van der Waals surface area contributed by atoms with Crippen molar-refractivity contribution >= 4 is 88.0 Å². The number of aryl methyl sites for hydroxylation is 3. The molecule has 10 aromatic carbocycles. The molecule has 0 fully saturated rings. The van der Waals surface area contributed by atoms with Gasteiger partial charge < -0.3 is 9.80 Å². The van der Waals surface area contributed by atoms with Crippen molar-refractivity contribution in [2.24, 2.45) is 0 Å². The molecule has 0 N–H and O–H groups in total. The van der Waals surface area contributed by atoms with Crippen molar-refractivity contribution in [2.75, 3.05) is 9.80 Å². The molecule has 0 aromatic heterocycles.